The van der Waals surface area contributed by atoms with Gasteiger partial charge in [0.2, 0.25) is 41.4 Å². The number of aliphatic hydroxyl groups excluding tert-OH is 1. The molecule has 0 aromatic heterocycles. The number of nitrogens with two attached hydrogens (primary N) is 1. The first-order chi connectivity index (χ1) is 59.8. The Labute approximate surface area is 734 Å². The standard InChI is InChI=1S/C85H91F17N10O13S3/c1-48(113)66-73(122)110-64(72(121)109-63(67(103)116)45-126-78(54-24-11-6-12-25-54,55-26-13-7-14-27-55)56-28-15-8-16-29-56)47-128-127-46-62(108-70(119)60(42-49-21-9-5-10-22-49)111-74(123)104-40-38-77(86,87)79(88,89)80(90,91)81(92,93)82(94,95)83(96,97)84(98,99)85(100,101)102)65(115)44-53(41-50-32-36-57(114)37-33-50)68(117)107-61(43-52-35-34-51-23-17-18-30-58(51)52)71(120)106-59(69(118)112-66)31-19-20-39-105-75(124)125-76(2,3)4/h5-18,21-30,32-33,35-37,48,53,59-64,66,113-114H,19-20,31,34,38-47H2,1-4H3,(H2,103,116)(H,105,124)(H,106,120)(H,107,117)(H,108,119)(H,109,121)(H,110,122)(H,112,118)(H2,104,111,123)/t48-,53-,59+,60-,61-,62+,63+,64+,66+/m1/s1. The maximum absolute atomic E-state index is 15.6. The van der Waals surface area contributed by atoms with Crippen LogP contribution in [0.2, 0.25) is 0 Å². The molecule has 0 spiro atoms. The maximum Gasteiger partial charge on any atom is 0.460 e. The number of aromatic hydroxyl groups is 1. The van der Waals surface area contributed by atoms with Gasteiger partial charge in [0.15, 0.2) is 5.78 Å². The predicted octanol–water partition coefficient (Wildman–Crippen LogP) is 12.4. The summed E-state index contributed by atoms with van der Waals surface area (Å²) in [6.07, 6.45) is -14.3. The Hall–Kier alpha value is -10.8. The molecule has 10 amide bonds. The van der Waals surface area contributed by atoms with Gasteiger partial charge in [-0.05, 0) is 116 Å². The largest absolute Gasteiger partial charge is 0.508 e. The van der Waals surface area contributed by atoms with E-state index in [1.165, 1.54) is 71.7 Å². The fourth-order valence-corrected chi connectivity index (χ4v) is 17.5. The van der Waals surface area contributed by atoms with Gasteiger partial charge in [0.25, 0.3) is 0 Å². The third-order valence-electron chi connectivity index (χ3n) is 20.5. The van der Waals surface area contributed by atoms with Gasteiger partial charge >= 0.3 is 59.8 Å². The molecule has 0 radical (unpaired) electrons. The molecule has 0 saturated carbocycles. The molecule has 6 aromatic carbocycles. The van der Waals surface area contributed by atoms with Crippen LogP contribution < -0.4 is 53.6 Å². The number of amides is 10. The number of hydrogen-bond donors (Lipinski definition) is 12. The minimum Gasteiger partial charge on any atom is -0.508 e. The van der Waals surface area contributed by atoms with Gasteiger partial charge < -0.3 is 68.5 Å². The number of carbonyl (C=O) groups is 10. The molecule has 0 unspecified atom stereocenters. The summed E-state index contributed by atoms with van der Waals surface area (Å²) in [6.45, 7) is 3.71. The van der Waals surface area contributed by atoms with Crippen LogP contribution >= 0.6 is 33.3 Å². The van der Waals surface area contributed by atoms with Crippen LogP contribution in [0.3, 0.4) is 0 Å². The first-order valence-corrected chi connectivity index (χ1v) is 43.0. The third-order valence-corrected chi connectivity index (χ3v) is 24.5. The van der Waals surface area contributed by atoms with Gasteiger partial charge in [0, 0.05) is 61.9 Å². The zero-order chi connectivity index (χ0) is 94.8. The number of carbonyl (C=O) groups excluding carboxylic acids is 10. The quantitative estimate of drug-likeness (QED) is 0.00788. The smallest absolute Gasteiger partial charge is 0.460 e. The summed E-state index contributed by atoms with van der Waals surface area (Å²) in [5, 5.41) is 43.1. The van der Waals surface area contributed by atoms with E-state index in [2.05, 4.69) is 37.2 Å². The Balaban J connectivity index is 1.18. The number of primary amides is 1. The van der Waals surface area contributed by atoms with Crippen LogP contribution in [0.5, 0.6) is 5.75 Å². The number of hydrogen-bond acceptors (Lipinski definition) is 16. The number of alkyl carbamates (subject to hydrolysis) is 1. The third kappa shape index (κ3) is 25.0. The minimum atomic E-state index is -8.91. The normalized spacial score (nSPS) is 19.2. The zero-order valence-electron chi connectivity index (χ0n) is 68.5. The monoisotopic (exact) mass is 1880 g/mol. The maximum atomic E-state index is 15.6. The van der Waals surface area contributed by atoms with Gasteiger partial charge in [0.1, 0.15) is 47.6 Å². The fourth-order valence-electron chi connectivity index (χ4n) is 13.6. The number of Topliss-reactive ketones (excluding diaryl/α,β-unsaturated/α-hetero) is 1. The lowest BCUT2D eigenvalue weighted by Gasteiger charge is -2.42. The first kappa shape index (κ1) is 103. The second-order valence-electron chi connectivity index (χ2n) is 31.1. The summed E-state index contributed by atoms with van der Waals surface area (Å²) < 4.78 is 246. The van der Waals surface area contributed by atoms with E-state index in [-0.39, 0.29) is 54.9 Å². The Kier molecular flexibility index (Phi) is 34.5. The van der Waals surface area contributed by atoms with Gasteiger partial charge in [-0.2, -0.15) is 74.6 Å². The molecule has 13 N–H and O–H groups in total. The van der Waals surface area contributed by atoms with Crippen LogP contribution in [0, 0.1) is 5.92 Å². The second kappa shape index (κ2) is 43.1. The molecule has 696 valence electrons. The molecule has 2 aliphatic rings. The molecule has 1 aliphatic heterocycles. The number of alkyl halides is 17. The summed E-state index contributed by atoms with van der Waals surface area (Å²) in [4.78, 5) is 147. The Morgan fingerprint density at radius 1 is 0.555 bits per heavy atom. The van der Waals surface area contributed by atoms with Gasteiger partial charge in [-0.15, -0.1) is 11.8 Å². The van der Waals surface area contributed by atoms with Gasteiger partial charge in [-0.3, -0.25) is 38.4 Å². The van der Waals surface area contributed by atoms with Crippen LogP contribution in [-0.4, -0.2) is 201 Å². The number of halogens is 17. The highest BCUT2D eigenvalue weighted by molar-refractivity contribution is 8.76. The van der Waals surface area contributed by atoms with Crippen molar-refractivity contribution in [2.24, 2.45) is 11.7 Å². The van der Waals surface area contributed by atoms with Crippen LogP contribution in [0.4, 0.5) is 84.2 Å². The number of ketones is 1. The number of rotatable bonds is 33. The first-order valence-electron chi connectivity index (χ1n) is 39.5. The molecule has 1 saturated heterocycles. The van der Waals surface area contributed by atoms with Gasteiger partial charge in [-0.1, -0.05) is 185 Å². The van der Waals surface area contributed by atoms with E-state index < -0.39 is 215 Å². The molecular weight excluding hydrogens is 1790 g/mol. The van der Waals surface area contributed by atoms with Crippen LogP contribution in [0.15, 0.2) is 176 Å². The number of urea groups is 1. The van der Waals surface area contributed by atoms with Crippen LogP contribution in [0.25, 0.3) is 5.57 Å². The van der Waals surface area contributed by atoms with Crippen molar-refractivity contribution in [3.63, 3.8) is 0 Å². The van der Waals surface area contributed by atoms with Crippen molar-refractivity contribution < 1.29 is 138 Å². The lowest BCUT2D eigenvalue weighted by Crippen LogP contribution is -2.74. The number of nitrogens with one attached hydrogen (secondary N) is 9. The van der Waals surface area contributed by atoms with Gasteiger partial charge in [0.05, 0.1) is 16.9 Å². The molecule has 128 heavy (non-hydrogen) atoms. The Bertz CT molecular complexity index is 4780. The van der Waals surface area contributed by atoms with Crippen molar-refractivity contribution in [1.82, 2.24) is 47.9 Å². The van der Waals surface area contributed by atoms with E-state index in [9.17, 15) is 81.7 Å². The van der Waals surface area contributed by atoms with E-state index in [0.717, 1.165) is 12.5 Å². The van der Waals surface area contributed by atoms with Crippen molar-refractivity contribution in [2.45, 2.75) is 192 Å². The number of allylic oxidation sites excluding steroid dienone is 1. The Morgan fingerprint density at radius 2 is 1.07 bits per heavy atom. The molecule has 9 atom stereocenters. The SMILES string of the molecule is C[C@@H](O)[C@@H]1NC(=O)[C@H](CCCCNC(=O)OC(C)(C)C)NC(=O)[C@@H](CC2=CCc3ccccc32)NC(=O)[C@H](Cc2ccc(O)cc2)CC(=O)[C@@H](NC(=O)[C@@H](Cc2ccccc2)NC(=O)NCCC(F)(F)C(F)(F)C(F)(F)C(F)(F)C(F)(F)C(F)(F)C(F)(F)C(F)(F)F)CSSC[C@@H](C(=O)N[C@@H](CSC(c2ccccc2)(c2ccccc2)c2ccccc2)C(N)=O)NC1=O. The summed E-state index contributed by atoms with van der Waals surface area (Å²) in [6, 6.07) is 30.9. The molecule has 1 aliphatic carbocycles. The topological polar surface area (TPSA) is 355 Å². The van der Waals surface area contributed by atoms with Crippen LogP contribution in [-0.2, 0) is 67.1 Å². The lowest BCUT2D eigenvalue weighted by atomic mass is 9.84. The number of phenolic OH excluding ortho intramolecular Hbond substituents is 1. The number of benzene rings is 6. The second-order valence-corrected chi connectivity index (χ2v) is 34.9. The number of ether oxygens (including phenoxy) is 1. The average molecular weight is 1880 g/mol. The molecule has 0 bridgehead atoms. The number of unbranched alkanes of at least 4 members (excludes halogenated alkanes) is 1. The highest BCUT2D eigenvalue weighted by Crippen LogP contribution is 2.64. The lowest BCUT2D eigenvalue weighted by molar-refractivity contribution is -0.461. The van der Waals surface area contributed by atoms with Gasteiger partial charge in [-0.25, -0.2) is 9.59 Å². The highest BCUT2D eigenvalue weighted by Gasteiger charge is 2.95. The molecule has 1 fully saturated rings. The van der Waals surface area contributed by atoms with Crippen molar-refractivity contribution in [3.05, 3.63) is 215 Å². The van der Waals surface area contributed by atoms with Crippen LogP contribution in [0.1, 0.15) is 105 Å². The van der Waals surface area contributed by atoms with E-state index >= 15 is 51.1 Å². The molecule has 1 heterocycles. The summed E-state index contributed by atoms with van der Waals surface area (Å²) >= 11 is 1.18. The minimum absolute atomic E-state index is 0.0120. The van der Waals surface area contributed by atoms with Crippen molar-refractivity contribution in [3.8, 4) is 5.75 Å². The predicted molar refractivity (Wildman–Crippen MR) is 441 cm³/mol. The van der Waals surface area contributed by atoms with Crippen molar-refractivity contribution in [1.29, 1.82) is 0 Å². The highest BCUT2D eigenvalue weighted by atomic mass is 33.1. The molecule has 43 heteroatoms. The molecular formula is C85H91F17N10O13S3. The summed E-state index contributed by atoms with van der Waals surface area (Å²) in [5.41, 5.74) is 9.56. The fraction of sp³-hybridized carbons (Fsp3) is 0.435. The van der Waals surface area contributed by atoms with E-state index in [0.29, 0.717) is 55.8 Å². The van der Waals surface area contributed by atoms with Crippen molar-refractivity contribution >= 4 is 98.2 Å². The summed E-state index contributed by atoms with van der Waals surface area (Å²) in [7, 11) is 1.29. The Morgan fingerprint density at radius 3 is 1.62 bits per heavy atom. The molecule has 23 nitrogen and oxygen atoms in total. The number of thioether (sulfide) groups is 1. The summed E-state index contributed by atoms with van der Waals surface area (Å²) in [5.74, 6) is -71.6. The van der Waals surface area contributed by atoms with E-state index in [4.69, 9.17) is 10.5 Å². The van der Waals surface area contributed by atoms with E-state index in [1.54, 1.807) is 106 Å². The van der Waals surface area contributed by atoms with Crippen molar-refractivity contribution in [2.75, 3.05) is 30.3 Å². The zero-order valence-corrected chi connectivity index (χ0v) is 70.9. The average Bonchev–Trinajstić information content (AvgIpc) is 0.742. The van der Waals surface area contributed by atoms with E-state index in [1.807, 2.05) is 41.7 Å². The number of phenols is 1. The molecule has 8 rings (SSSR count). The number of aliphatic hydroxyl groups is 1. The number of fused-ring (bicyclic) bond motifs is 1. The molecule has 6 aromatic rings.